The Bertz CT molecular complexity index is 307. The lowest BCUT2D eigenvalue weighted by molar-refractivity contribution is -0.134. The Kier molecular flexibility index (Phi) is 5.23. The van der Waals surface area contributed by atoms with Gasteiger partial charge in [0.05, 0.1) is 0 Å². The van der Waals surface area contributed by atoms with Crippen LogP contribution in [-0.4, -0.2) is 21.3 Å². The number of carboxylic acid groups (broad SMARTS) is 1. The molecule has 0 unspecified atom stereocenters. The fourth-order valence-electron chi connectivity index (χ4n) is 1.13. The summed E-state index contributed by atoms with van der Waals surface area (Å²) < 4.78 is 0. The van der Waals surface area contributed by atoms with Crippen molar-refractivity contribution >= 4 is 5.97 Å². The van der Waals surface area contributed by atoms with Gasteiger partial charge >= 0.3 is 0 Å². The van der Waals surface area contributed by atoms with E-state index in [0.717, 1.165) is 6.92 Å². The van der Waals surface area contributed by atoms with Crippen LogP contribution < -0.4 is 0 Å². The van der Waals surface area contributed by atoms with E-state index in [0.29, 0.717) is 5.56 Å². The number of hydrogen-bond acceptors (Lipinski definition) is 3. The predicted molar refractivity (Wildman–Crippen MR) is 57.2 cm³/mol. The van der Waals surface area contributed by atoms with Gasteiger partial charge in [0.2, 0.25) is 0 Å². The van der Waals surface area contributed by atoms with E-state index in [9.17, 15) is 10.2 Å². The Balaban J connectivity index is 0.000000423. The molecular weight excluding hydrogens is 196 g/mol. The summed E-state index contributed by atoms with van der Waals surface area (Å²) in [7, 11) is 0. The number of carboxylic acids is 1. The van der Waals surface area contributed by atoms with Crippen LogP contribution in [-0.2, 0) is 4.79 Å². The van der Waals surface area contributed by atoms with Crippen molar-refractivity contribution in [1.29, 1.82) is 0 Å². The van der Waals surface area contributed by atoms with Gasteiger partial charge in [0.1, 0.15) is 11.5 Å². The summed E-state index contributed by atoms with van der Waals surface area (Å²) in [6.45, 7) is 4.93. The van der Waals surface area contributed by atoms with Gasteiger partial charge in [0.15, 0.2) is 0 Å². The molecule has 4 nitrogen and oxygen atoms in total. The summed E-state index contributed by atoms with van der Waals surface area (Å²) in [5.41, 5.74) is 0.618. The zero-order valence-corrected chi connectivity index (χ0v) is 9.06. The molecule has 0 aliphatic rings. The third-order valence-corrected chi connectivity index (χ3v) is 1.64. The molecule has 0 radical (unpaired) electrons. The SMILES string of the molecule is CC(=O)O.CC(C)c1c(O)cccc1O. The standard InChI is InChI=1S/C9H12O2.C2H4O2/c1-6(2)9-7(10)4-3-5-8(9)11;1-2(3)4/h3-6,10-11H,1-2H3;1H3,(H,3,4). The fraction of sp³-hybridized carbons (Fsp3) is 0.364. The Morgan fingerprint density at radius 3 is 1.73 bits per heavy atom. The number of phenols is 2. The molecule has 0 bridgehead atoms. The highest BCUT2D eigenvalue weighted by atomic mass is 16.4. The van der Waals surface area contributed by atoms with Crippen molar-refractivity contribution in [2.75, 3.05) is 0 Å². The summed E-state index contributed by atoms with van der Waals surface area (Å²) in [4.78, 5) is 9.00. The van der Waals surface area contributed by atoms with Gasteiger partial charge in [0, 0.05) is 12.5 Å². The second kappa shape index (κ2) is 5.90. The average molecular weight is 212 g/mol. The van der Waals surface area contributed by atoms with Crippen molar-refractivity contribution in [3.8, 4) is 11.5 Å². The highest BCUT2D eigenvalue weighted by Crippen LogP contribution is 2.32. The Labute approximate surface area is 88.8 Å². The van der Waals surface area contributed by atoms with Crippen molar-refractivity contribution in [3.63, 3.8) is 0 Å². The van der Waals surface area contributed by atoms with E-state index >= 15 is 0 Å². The van der Waals surface area contributed by atoms with E-state index in [-0.39, 0.29) is 17.4 Å². The van der Waals surface area contributed by atoms with Crippen LogP contribution in [0.2, 0.25) is 0 Å². The van der Waals surface area contributed by atoms with Crippen LogP contribution in [0.15, 0.2) is 18.2 Å². The van der Waals surface area contributed by atoms with E-state index in [2.05, 4.69) is 0 Å². The largest absolute Gasteiger partial charge is 0.508 e. The molecule has 0 fully saturated rings. The lowest BCUT2D eigenvalue weighted by atomic mass is 10.0. The minimum absolute atomic E-state index is 0.149. The molecule has 0 spiro atoms. The van der Waals surface area contributed by atoms with Gasteiger partial charge in [0.25, 0.3) is 5.97 Å². The van der Waals surface area contributed by atoms with Crippen LogP contribution in [0, 0.1) is 0 Å². The molecule has 3 N–H and O–H groups in total. The lowest BCUT2D eigenvalue weighted by Crippen LogP contribution is -1.88. The third-order valence-electron chi connectivity index (χ3n) is 1.64. The third kappa shape index (κ3) is 4.90. The molecule has 1 aromatic rings. The molecule has 0 atom stereocenters. The quantitative estimate of drug-likeness (QED) is 0.667. The maximum Gasteiger partial charge on any atom is 0.300 e. The Morgan fingerprint density at radius 2 is 1.53 bits per heavy atom. The zero-order chi connectivity index (χ0) is 12.0. The number of hydrogen-bond donors (Lipinski definition) is 3. The summed E-state index contributed by atoms with van der Waals surface area (Å²) in [5.74, 6) is -0.351. The van der Waals surface area contributed by atoms with Crippen LogP contribution in [0.5, 0.6) is 11.5 Å². The molecule has 1 aromatic carbocycles. The average Bonchev–Trinajstić information content (AvgIpc) is 2.01. The fourth-order valence-corrected chi connectivity index (χ4v) is 1.13. The predicted octanol–water partition coefficient (Wildman–Crippen LogP) is 2.31. The first-order chi connectivity index (χ1) is 6.86. The lowest BCUT2D eigenvalue weighted by Gasteiger charge is -2.09. The van der Waals surface area contributed by atoms with Crippen molar-refractivity contribution < 1.29 is 20.1 Å². The van der Waals surface area contributed by atoms with Gasteiger partial charge in [-0.05, 0) is 18.1 Å². The molecule has 0 aromatic heterocycles. The van der Waals surface area contributed by atoms with Gasteiger partial charge in [-0.15, -0.1) is 0 Å². The van der Waals surface area contributed by atoms with E-state index in [4.69, 9.17) is 9.90 Å². The van der Waals surface area contributed by atoms with Crippen LogP contribution in [0.1, 0.15) is 32.3 Å². The number of carbonyl (C=O) groups is 1. The maximum atomic E-state index is 9.30. The van der Waals surface area contributed by atoms with Gasteiger partial charge in [-0.3, -0.25) is 4.79 Å². The highest BCUT2D eigenvalue weighted by molar-refractivity contribution is 5.62. The Morgan fingerprint density at radius 1 is 1.20 bits per heavy atom. The van der Waals surface area contributed by atoms with Gasteiger partial charge in [-0.25, -0.2) is 0 Å². The van der Waals surface area contributed by atoms with Crippen LogP contribution in [0.25, 0.3) is 0 Å². The van der Waals surface area contributed by atoms with Gasteiger partial charge in [-0.2, -0.15) is 0 Å². The van der Waals surface area contributed by atoms with Crippen molar-refractivity contribution in [1.82, 2.24) is 0 Å². The molecule has 4 heteroatoms. The number of aliphatic carboxylic acids is 1. The second-order valence-corrected chi connectivity index (χ2v) is 3.38. The van der Waals surface area contributed by atoms with E-state index in [1.807, 2.05) is 13.8 Å². The molecule has 0 saturated carbocycles. The summed E-state index contributed by atoms with van der Waals surface area (Å²) in [6, 6.07) is 4.78. The minimum Gasteiger partial charge on any atom is -0.508 e. The molecule has 1 rings (SSSR count). The Hall–Kier alpha value is -1.71. The number of benzene rings is 1. The molecule has 0 heterocycles. The zero-order valence-electron chi connectivity index (χ0n) is 9.06. The number of aromatic hydroxyl groups is 2. The first kappa shape index (κ1) is 13.3. The van der Waals surface area contributed by atoms with Crippen molar-refractivity contribution in [2.45, 2.75) is 26.7 Å². The van der Waals surface area contributed by atoms with Gasteiger partial charge in [-0.1, -0.05) is 19.9 Å². The number of rotatable bonds is 1. The van der Waals surface area contributed by atoms with Crippen LogP contribution in [0.4, 0.5) is 0 Å². The summed E-state index contributed by atoms with van der Waals surface area (Å²) >= 11 is 0. The first-order valence-electron chi connectivity index (χ1n) is 4.56. The topological polar surface area (TPSA) is 77.8 Å². The molecule has 15 heavy (non-hydrogen) atoms. The van der Waals surface area contributed by atoms with Crippen LogP contribution in [0.3, 0.4) is 0 Å². The molecule has 0 amide bonds. The highest BCUT2D eigenvalue weighted by Gasteiger charge is 2.09. The first-order valence-corrected chi connectivity index (χ1v) is 4.56. The molecule has 84 valence electrons. The van der Waals surface area contributed by atoms with E-state index in [1.54, 1.807) is 18.2 Å². The summed E-state index contributed by atoms with van der Waals surface area (Å²) in [6.07, 6.45) is 0. The van der Waals surface area contributed by atoms with E-state index in [1.165, 1.54) is 0 Å². The molecule has 0 aliphatic heterocycles. The van der Waals surface area contributed by atoms with Crippen LogP contribution >= 0.6 is 0 Å². The smallest absolute Gasteiger partial charge is 0.300 e. The van der Waals surface area contributed by atoms with Crippen molar-refractivity contribution in [3.05, 3.63) is 23.8 Å². The van der Waals surface area contributed by atoms with Gasteiger partial charge < -0.3 is 15.3 Å². The second-order valence-electron chi connectivity index (χ2n) is 3.38. The number of phenolic OH excluding ortho intramolecular Hbond substituents is 2. The summed E-state index contributed by atoms with van der Waals surface area (Å²) in [5, 5.41) is 26.0. The van der Waals surface area contributed by atoms with Crippen molar-refractivity contribution in [2.24, 2.45) is 0 Å². The minimum atomic E-state index is -0.833. The molecule has 0 aliphatic carbocycles. The molecule has 0 saturated heterocycles. The molecular formula is C11H16O4. The maximum absolute atomic E-state index is 9.30. The van der Waals surface area contributed by atoms with E-state index < -0.39 is 5.97 Å². The normalized spacial score (nSPS) is 9.33. The monoisotopic (exact) mass is 212 g/mol.